The summed E-state index contributed by atoms with van der Waals surface area (Å²) in [5, 5.41) is 12.7. The molecule has 1 N–H and O–H groups in total. The molecule has 17 heavy (non-hydrogen) atoms. The summed E-state index contributed by atoms with van der Waals surface area (Å²) < 4.78 is 0. The summed E-state index contributed by atoms with van der Waals surface area (Å²) in [6, 6.07) is 5.07. The molecule has 0 aliphatic heterocycles. The number of nitrogens with zero attached hydrogens (tertiary/aromatic N) is 1. The average Bonchev–Trinajstić information content (AvgIpc) is 2.88. The number of hydrogen-bond donors (Lipinski definition) is 1. The van der Waals surface area contributed by atoms with Crippen LogP contribution < -0.4 is 0 Å². The van der Waals surface area contributed by atoms with E-state index in [0.717, 1.165) is 32.0 Å². The van der Waals surface area contributed by atoms with Gasteiger partial charge in [0, 0.05) is 24.0 Å². The third-order valence-electron chi connectivity index (χ3n) is 4.03. The molecule has 2 aliphatic carbocycles. The fraction of sp³-hybridized carbons (Fsp3) is 0.714. The van der Waals surface area contributed by atoms with E-state index in [1.165, 1.54) is 30.6 Å². The monoisotopic (exact) mass is 251 g/mol. The van der Waals surface area contributed by atoms with Gasteiger partial charge >= 0.3 is 0 Å². The van der Waals surface area contributed by atoms with Crippen LogP contribution in [0.2, 0.25) is 0 Å². The number of rotatable bonds is 5. The summed E-state index contributed by atoms with van der Waals surface area (Å²) >= 11 is 1.83. The molecule has 2 fully saturated rings. The van der Waals surface area contributed by atoms with Crippen LogP contribution in [-0.4, -0.2) is 28.2 Å². The van der Waals surface area contributed by atoms with E-state index in [4.69, 9.17) is 0 Å². The van der Waals surface area contributed by atoms with Gasteiger partial charge in [-0.1, -0.05) is 18.9 Å². The van der Waals surface area contributed by atoms with Crippen LogP contribution in [-0.2, 0) is 6.54 Å². The minimum absolute atomic E-state index is 0.389. The first-order valence-corrected chi connectivity index (χ1v) is 7.62. The van der Waals surface area contributed by atoms with E-state index in [0.29, 0.717) is 0 Å². The van der Waals surface area contributed by atoms with Gasteiger partial charge in [-0.25, -0.2) is 0 Å². The zero-order chi connectivity index (χ0) is 11.7. The van der Waals surface area contributed by atoms with Crippen molar-refractivity contribution in [3.63, 3.8) is 0 Å². The highest BCUT2D eigenvalue weighted by Gasteiger charge is 2.38. The molecule has 94 valence electrons. The molecule has 2 nitrogen and oxygen atoms in total. The van der Waals surface area contributed by atoms with Gasteiger partial charge in [0.2, 0.25) is 0 Å². The molecular formula is C14H21NOS. The summed E-state index contributed by atoms with van der Waals surface area (Å²) in [4.78, 5) is 3.94. The Kier molecular flexibility index (Phi) is 3.24. The minimum atomic E-state index is -0.389. The molecule has 2 saturated carbocycles. The van der Waals surface area contributed by atoms with Crippen molar-refractivity contribution in [3.05, 3.63) is 22.4 Å². The van der Waals surface area contributed by atoms with E-state index in [2.05, 4.69) is 22.4 Å². The highest BCUT2D eigenvalue weighted by atomic mass is 32.1. The van der Waals surface area contributed by atoms with Crippen molar-refractivity contribution in [3.8, 4) is 0 Å². The second-order valence-electron chi connectivity index (χ2n) is 5.65. The molecule has 0 atom stereocenters. The van der Waals surface area contributed by atoms with Crippen molar-refractivity contribution in [1.29, 1.82) is 0 Å². The standard InChI is InChI=1S/C14H21NOS/c16-14(7-1-2-8-14)11-15(12-5-6-12)10-13-4-3-9-17-13/h3-4,9,12,16H,1-2,5-8,10-11H2. The van der Waals surface area contributed by atoms with Gasteiger partial charge in [0.15, 0.2) is 0 Å². The van der Waals surface area contributed by atoms with Crippen molar-refractivity contribution in [2.75, 3.05) is 6.54 Å². The number of aliphatic hydroxyl groups is 1. The third kappa shape index (κ3) is 2.90. The number of hydrogen-bond acceptors (Lipinski definition) is 3. The number of thiophene rings is 1. The average molecular weight is 251 g/mol. The van der Waals surface area contributed by atoms with Crippen molar-refractivity contribution < 1.29 is 5.11 Å². The zero-order valence-electron chi connectivity index (χ0n) is 10.3. The largest absolute Gasteiger partial charge is 0.389 e. The van der Waals surface area contributed by atoms with Gasteiger partial charge < -0.3 is 5.11 Å². The zero-order valence-corrected chi connectivity index (χ0v) is 11.1. The van der Waals surface area contributed by atoms with Crippen LogP contribution in [0.4, 0.5) is 0 Å². The maximum atomic E-state index is 10.5. The van der Waals surface area contributed by atoms with Gasteiger partial charge in [0.05, 0.1) is 5.60 Å². The van der Waals surface area contributed by atoms with Gasteiger partial charge in [-0.15, -0.1) is 11.3 Å². The molecule has 0 aromatic carbocycles. The highest BCUT2D eigenvalue weighted by molar-refractivity contribution is 7.09. The maximum Gasteiger partial charge on any atom is 0.0774 e. The predicted molar refractivity (Wildman–Crippen MR) is 71.2 cm³/mol. The molecule has 1 heterocycles. The lowest BCUT2D eigenvalue weighted by Crippen LogP contribution is -2.41. The van der Waals surface area contributed by atoms with E-state index in [-0.39, 0.29) is 5.60 Å². The fourth-order valence-corrected chi connectivity index (χ4v) is 3.66. The van der Waals surface area contributed by atoms with Crippen LogP contribution >= 0.6 is 11.3 Å². The first kappa shape index (κ1) is 11.7. The van der Waals surface area contributed by atoms with Crippen molar-refractivity contribution in [2.45, 2.75) is 56.7 Å². The minimum Gasteiger partial charge on any atom is -0.389 e. The summed E-state index contributed by atoms with van der Waals surface area (Å²) in [5.41, 5.74) is -0.389. The van der Waals surface area contributed by atoms with Gasteiger partial charge in [0.25, 0.3) is 0 Å². The molecular weight excluding hydrogens is 230 g/mol. The molecule has 1 aromatic rings. The summed E-state index contributed by atoms with van der Waals surface area (Å²) in [6.45, 7) is 1.92. The van der Waals surface area contributed by atoms with Crippen LogP contribution in [0.1, 0.15) is 43.4 Å². The molecule has 0 unspecified atom stereocenters. The van der Waals surface area contributed by atoms with Crippen molar-refractivity contribution >= 4 is 11.3 Å². The fourth-order valence-electron chi connectivity index (χ4n) is 2.93. The molecule has 3 rings (SSSR count). The van der Waals surface area contributed by atoms with Crippen LogP contribution in [0.3, 0.4) is 0 Å². The van der Waals surface area contributed by atoms with Crippen LogP contribution in [0.15, 0.2) is 17.5 Å². The Morgan fingerprint density at radius 3 is 2.71 bits per heavy atom. The van der Waals surface area contributed by atoms with Crippen molar-refractivity contribution in [2.24, 2.45) is 0 Å². The smallest absolute Gasteiger partial charge is 0.0774 e. The van der Waals surface area contributed by atoms with E-state index >= 15 is 0 Å². The Labute approximate surface area is 107 Å². The normalized spacial score (nSPS) is 23.4. The summed E-state index contributed by atoms with van der Waals surface area (Å²) in [7, 11) is 0. The quantitative estimate of drug-likeness (QED) is 0.869. The lowest BCUT2D eigenvalue weighted by molar-refractivity contribution is 0.00464. The van der Waals surface area contributed by atoms with Crippen molar-refractivity contribution in [1.82, 2.24) is 4.90 Å². The second-order valence-corrected chi connectivity index (χ2v) is 6.68. The molecule has 0 bridgehead atoms. The summed E-state index contributed by atoms with van der Waals surface area (Å²) in [5.74, 6) is 0. The maximum absolute atomic E-state index is 10.5. The van der Waals surface area contributed by atoms with Gasteiger partial charge in [-0.2, -0.15) is 0 Å². The Hall–Kier alpha value is -0.380. The van der Waals surface area contributed by atoms with E-state index in [1.807, 2.05) is 11.3 Å². The van der Waals surface area contributed by atoms with Crippen LogP contribution in [0.25, 0.3) is 0 Å². The third-order valence-corrected chi connectivity index (χ3v) is 4.90. The van der Waals surface area contributed by atoms with E-state index in [9.17, 15) is 5.11 Å². The lowest BCUT2D eigenvalue weighted by Gasteiger charge is -2.31. The Bertz CT molecular complexity index is 352. The SMILES string of the molecule is OC1(CN(Cc2cccs2)C2CC2)CCCC1. The molecule has 0 radical (unpaired) electrons. The van der Waals surface area contributed by atoms with Crippen LogP contribution in [0.5, 0.6) is 0 Å². The van der Waals surface area contributed by atoms with Gasteiger partial charge in [0.1, 0.15) is 0 Å². The molecule has 3 heteroatoms. The topological polar surface area (TPSA) is 23.5 Å². The first-order valence-electron chi connectivity index (χ1n) is 6.74. The highest BCUT2D eigenvalue weighted by Crippen LogP contribution is 2.35. The summed E-state index contributed by atoms with van der Waals surface area (Å²) in [6.07, 6.45) is 7.05. The predicted octanol–water partition coefficient (Wildman–Crippen LogP) is 3.02. The molecule has 0 amide bonds. The Balaban J connectivity index is 1.64. The Morgan fingerprint density at radius 1 is 1.35 bits per heavy atom. The molecule has 1 aromatic heterocycles. The van der Waals surface area contributed by atoms with Crippen LogP contribution in [0, 0.1) is 0 Å². The molecule has 0 saturated heterocycles. The van der Waals surface area contributed by atoms with Gasteiger partial charge in [-0.3, -0.25) is 4.90 Å². The lowest BCUT2D eigenvalue weighted by atomic mass is 10.0. The first-order chi connectivity index (χ1) is 8.25. The van der Waals surface area contributed by atoms with E-state index in [1.54, 1.807) is 0 Å². The second kappa shape index (κ2) is 4.71. The molecule has 0 spiro atoms. The van der Waals surface area contributed by atoms with E-state index < -0.39 is 0 Å². The molecule has 2 aliphatic rings. The van der Waals surface area contributed by atoms with Gasteiger partial charge in [-0.05, 0) is 37.1 Å². The Morgan fingerprint density at radius 2 is 2.12 bits per heavy atom.